The number of aromatic nitrogens is 2. The van der Waals surface area contributed by atoms with Gasteiger partial charge in [-0.1, -0.05) is 0 Å². The number of fused-ring (bicyclic) bond motifs is 1. The van der Waals surface area contributed by atoms with Gasteiger partial charge in [0.1, 0.15) is 11.5 Å². The molecule has 18 heavy (non-hydrogen) atoms. The standard InChI is InChI=1S/C11H11N5O2/c12-8-6-15-5-7(1-2-9(15)13-8)16-4-3-10(17)14-11(16)18/h1-2,5-6H,3-4,12H2,(H,14,17,18). The number of carbonyl (C=O) groups excluding carboxylic acids is 2. The van der Waals surface area contributed by atoms with Crippen molar-refractivity contribution in [3.63, 3.8) is 0 Å². The molecule has 1 aliphatic heterocycles. The number of imide groups is 1. The Hall–Kier alpha value is -2.57. The summed E-state index contributed by atoms with van der Waals surface area (Å²) in [6, 6.07) is 3.14. The van der Waals surface area contributed by atoms with E-state index in [9.17, 15) is 9.59 Å². The zero-order valence-corrected chi connectivity index (χ0v) is 9.46. The summed E-state index contributed by atoms with van der Waals surface area (Å²) < 4.78 is 1.74. The highest BCUT2D eigenvalue weighted by atomic mass is 16.2. The molecule has 0 aromatic carbocycles. The van der Waals surface area contributed by atoms with Crippen LogP contribution in [-0.2, 0) is 4.79 Å². The van der Waals surface area contributed by atoms with Crippen molar-refractivity contribution in [3.8, 4) is 0 Å². The number of anilines is 2. The van der Waals surface area contributed by atoms with E-state index in [-0.39, 0.29) is 5.91 Å². The fraction of sp³-hybridized carbons (Fsp3) is 0.182. The minimum Gasteiger partial charge on any atom is -0.382 e. The highest BCUT2D eigenvalue weighted by Gasteiger charge is 2.24. The number of pyridine rings is 1. The maximum atomic E-state index is 11.7. The van der Waals surface area contributed by atoms with Gasteiger partial charge in [-0.25, -0.2) is 9.78 Å². The lowest BCUT2D eigenvalue weighted by Crippen LogP contribution is -2.49. The van der Waals surface area contributed by atoms with Crippen LogP contribution in [0.5, 0.6) is 0 Å². The van der Waals surface area contributed by atoms with Gasteiger partial charge in [0.2, 0.25) is 5.91 Å². The maximum absolute atomic E-state index is 11.7. The molecule has 1 saturated heterocycles. The molecule has 0 bridgehead atoms. The van der Waals surface area contributed by atoms with Gasteiger partial charge < -0.3 is 10.1 Å². The lowest BCUT2D eigenvalue weighted by molar-refractivity contribution is -0.120. The zero-order chi connectivity index (χ0) is 12.7. The third-order valence-electron chi connectivity index (χ3n) is 2.82. The molecule has 1 aliphatic rings. The van der Waals surface area contributed by atoms with Gasteiger partial charge in [-0.2, -0.15) is 0 Å². The van der Waals surface area contributed by atoms with Crippen LogP contribution in [0.4, 0.5) is 16.3 Å². The number of urea groups is 1. The second-order valence-electron chi connectivity index (χ2n) is 4.07. The fourth-order valence-corrected chi connectivity index (χ4v) is 1.97. The van der Waals surface area contributed by atoms with Gasteiger partial charge >= 0.3 is 6.03 Å². The quantitative estimate of drug-likeness (QED) is 0.758. The van der Waals surface area contributed by atoms with Gasteiger partial charge in [0.15, 0.2) is 0 Å². The van der Waals surface area contributed by atoms with Gasteiger partial charge in [0, 0.05) is 19.2 Å². The molecule has 0 saturated carbocycles. The Kier molecular flexibility index (Phi) is 2.19. The average Bonchev–Trinajstić information content (AvgIpc) is 2.68. The van der Waals surface area contributed by atoms with E-state index >= 15 is 0 Å². The molecule has 0 atom stereocenters. The number of nitrogens with two attached hydrogens (primary N) is 1. The summed E-state index contributed by atoms with van der Waals surface area (Å²) in [5.41, 5.74) is 7.01. The van der Waals surface area contributed by atoms with Crippen molar-refractivity contribution < 1.29 is 9.59 Å². The van der Waals surface area contributed by atoms with Crippen LogP contribution in [0.15, 0.2) is 24.5 Å². The molecular formula is C11H11N5O2. The number of nitrogens with zero attached hydrogens (tertiary/aromatic N) is 3. The Bertz CT molecular complexity index is 648. The largest absolute Gasteiger partial charge is 0.382 e. The third kappa shape index (κ3) is 1.65. The van der Waals surface area contributed by atoms with E-state index < -0.39 is 6.03 Å². The van der Waals surface area contributed by atoms with Crippen LogP contribution in [0.25, 0.3) is 5.65 Å². The van der Waals surface area contributed by atoms with E-state index in [0.29, 0.717) is 30.1 Å². The van der Waals surface area contributed by atoms with E-state index in [1.165, 1.54) is 4.90 Å². The van der Waals surface area contributed by atoms with Gasteiger partial charge in [-0.3, -0.25) is 15.0 Å². The minimum absolute atomic E-state index is 0.246. The molecule has 7 nitrogen and oxygen atoms in total. The smallest absolute Gasteiger partial charge is 0.328 e. The predicted octanol–water partition coefficient (Wildman–Crippen LogP) is 0.363. The number of imidazole rings is 1. The molecule has 2 aromatic rings. The molecule has 1 fully saturated rings. The summed E-state index contributed by atoms with van der Waals surface area (Å²) in [6.45, 7) is 0.375. The second kappa shape index (κ2) is 3.73. The van der Waals surface area contributed by atoms with Crippen molar-refractivity contribution in [2.24, 2.45) is 0 Å². The molecule has 7 heteroatoms. The Morgan fingerprint density at radius 1 is 1.28 bits per heavy atom. The fourth-order valence-electron chi connectivity index (χ4n) is 1.97. The lowest BCUT2D eigenvalue weighted by Gasteiger charge is -2.26. The minimum atomic E-state index is -0.404. The first-order valence-electron chi connectivity index (χ1n) is 5.49. The molecular weight excluding hydrogens is 234 g/mol. The number of nitrogen functional groups attached to an aromatic ring is 1. The zero-order valence-electron chi connectivity index (χ0n) is 9.46. The van der Waals surface area contributed by atoms with Crippen molar-refractivity contribution >= 4 is 29.1 Å². The van der Waals surface area contributed by atoms with Crippen LogP contribution < -0.4 is 16.0 Å². The van der Waals surface area contributed by atoms with Gasteiger partial charge in [-0.05, 0) is 12.1 Å². The molecule has 0 unspecified atom stereocenters. The molecule has 0 radical (unpaired) electrons. The average molecular weight is 245 g/mol. The number of amides is 3. The van der Waals surface area contributed by atoms with Crippen LogP contribution in [0.2, 0.25) is 0 Å². The number of hydrogen-bond donors (Lipinski definition) is 2. The second-order valence-corrected chi connectivity index (χ2v) is 4.07. The van der Waals surface area contributed by atoms with Crippen molar-refractivity contribution in [1.82, 2.24) is 14.7 Å². The van der Waals surface area contributed by atoms with Crippen molar-refractivity contribution in [2.75, 3.05) is 17.2 Å². The van der Waals surface area contributed by atoms with Crippen LogP contribution >= 0.6 is 0 Å². The Balaban J connectivity index is 1.98. The Morgan fingerprint density at radius 3 is 2.89 bits per heavy atom. The Labute approximate surface area is 102 Å². The summed E-state index contributed by atoms with van der Waals surface area (Å²) >= 11 is 0. The van der Waals surface area contributed by atoms with E-state index in [0.717, 1.165) is 0 Å². The highest BCUT2D eigenvalue weighted by Crippen LogP contribution is 2.18. The summed E-state index contributed by atoms with van der Waals surface area (Å²) in [5, 5.41) is 2.28. The normalized spacial score (nSPS) is 16.1. The molecule has 2 aromatic heterocycles. The molecule has 0 aliphatic carbocycles. The van der Waals surface area contributed by atoms with Crippen molar-refractivity contribution in [3.05, 3.63) is 24.5 Å². The number of hydrogen-bond acceptors (Lipinski definition) is 4. The van der Waals surface area contributed by atoms with E-state index in [2.05, 4.69) is 10.3 Å². The predicted molar refractivity (Wildman–Crippen MR) is 65.1 cm³/mol. The van der Waals surface area contributed by atoms with Gasteiger partial charge in [0.05, 0.1) is 11.9 Å². The molecule has 3 rings (SSSR count). The Morgan fingerprint density at radius 2 is 2.11 bits per heavy atom. The summed E-state index contributed by atoms with van der Waals surface area (Å²) in [6.07, 6.45) is 3.73. The topological polar surface area (TPSA) is 92.7 Å². The highest BCUT2D eigenvalue weighted by molar-refractivity contribution is 6.05. The number of rotatable bonds is 1. The molecule has 3 amide bonds. The monoisotopic (exact) mass is 245 g/mol. The van der Waals surface area contributed by atoms with Crippen molar-refractivity contribution in [1.29, 1.82) is 0 Å². The first-order chi connectivity index (χ1) is 8.63. The maximum Gasteiger partial charge on any atom is 0.328 e. The van der Waals surface area contributed by atoms with Crippen LogP contribution in [0, 0.1) is 0 Å². The van der Waals surface area contributed by atoms with Crippen molar-refractivity contribution in [2.45, 2.75) is 6.42 Å². The van der Waals surface area contributed by atoms with Crippen LogP contribution in [0.1, 0.15) is 6.42 Å². The first-order valence-corrected chi connectivity index (χ1v) is 5.49. The van der Waals surface area contributed by atoms with E-state index in [4.69, 9.17) is 5.73 Å². The third-order valence-corrected chi connectivity index (χ3v) is 2.82. The summed E-state index contributed by atoms with van der Waals surface area (Å²) in [4.78, 5) is 28.4. The molecule has 3 heterocycles. The van der Waals surface area contributed by atoms with Gasteiger partial charge in [0.25, 0.3) is 0 Å². The number of nitrogens with one attached hydrogen (secondary N) is 1. The lowest BCUT2D eigenvalue weighted by atomic mass is 10.3. The molecule has 0 spiro atoms. The molecule has 92 valence electrons. The van der Waals surface area contributed by atoms with Gasteiger partial charge in [-0.15, -0.1) is 0 Å². The summed E-state index contributed by atoms with van der Waals surface area (Å²) in [7, 11) is 0. The number of carbonyl (C=O) groups is 2. The first kappa shape index (κ1) is 10.6. The van der Waals surface area contributed by atoms with E-state index in [1.807, 2.05) is 0 Å². The van der Waals surface area contributed by atoms with E-state index in [1.54, 1.807) is 28.9 Å². The van der Waals surface area contributed by atoms with Crippen LogP contribution in [-0.4, -0.2) is 27.9 Å². The van der Waals surface area contributed by atoms with Crippen LogP contribution in [0.3, 0.4) is 0 Å². The SMILES string of the molecule is Nc1cn2cc(N3CCC(=O)NC3=O)ccc2n1. The molecule has 3 N–H and O–H groups in total. The summed E-state index contributed by atoms with van der Waals surface area (Å²) in [5.74, 6) is 0.176.